The van der Waals surface area contributed by atoms with Gasteiger partial charge in [-0.2, -0.15) is 0 Å². The largest absolute Gasteiger partial charge is 0.346 e. The van der Waals surface area contributed by atoms with Gasteiger partial charge in [0.2, 0.25) is 0 Å². The Kier molecular flexibility index (Phi) is 2.79. The quantitative estimate of drug-likeness (QED) is 0.761. The van der Waals surface area contributed by atoms with E-state index in [1.807, 2.05) is 13.1 Å². The number of rotatable bonds is 3. The normalized spacial score (nSPS) is 12.5. The van der Waals surface area contributed by atoms with Gasteiger partial charge in [0.25, 0.3) is 0 Å². The first-order chi connectivity index (χ1) is 5.92. The van der Waals surface area contributed by atoms with Gasteiger partial charge >= 0.3 is 0 Å². The zero-order valence-corrected chi connectivity index (χ0v) is 9.31. The lowest BCUT2D eigenvalue weighted by molar-refractivity contribution is 0.383. The lowest BCUT2D eigenvalue weighted by Crippen LogP contribution is -2.21. The highest BCUT2D eigenvalue weighted by Gasteiger charge is 2.24. The molecule has 0 amide bonds. The number of hydrogen-bond acceptors (Lipinski definition) is 1. The minimum absolute atomic E-state index is 0.169. The van der Waals surface area contributed by atoms with Crippen molar-refractivity contribution in [2.24, 2.45) is 5.92 Å². The molecule has 0 bridgehead atoms. The van der Waals surface area contributed by atoms with Crippen LogP contribution in [0.2, 0.25) is 0 Å². The van der Waals surface area contributed by atoms with Crippen molar-refractivity contribution < 1.29 is 0 Å². The summed E-state index contributed by atoms with van der Waals surface area (Å²) in [6.07, 6.45) is 3.07. The number of hydrogen-bond donors (Lipinski definition) is 1. The Morgan fingerprint density at radius 3 is 2.46 bits per heavy atom. The molecule has 0 atom stereocenters. The molecule has 0 aliphatic rings. The van der Waals surface area contributed by atoms with E-state index in [0.717, 1.165) is 11.5 Å². The molecule has 1 rings (SSSR count). The first-order valence-electron chi connectivity index (χ1n) is 4.94. The molecule has 0 unspecified atom stereocenters. The van der Waals surface area contributed by atoms with Gasteiger partial charge in [0.1, 0.15) is 5.82 Å². The van der Waals surface area contributed by atoms with Gasteiger partial charge in [0.05, 0.1) is 0 Å². The van der Waals surface area contributed by atoms with E-state index in [2.05, 4.69) is 37.7 Å². The molecule has 74 valence electrons. The van der Waals surface area contributed by atoms with Crippen molar-refractivity contribution in [2.75, 3.05) is 0 Å². The van der Waals surface area contributed by atoms with Crippen LogP contribution in [0.1, 0.15) is 45.6 Å². The zero-order chi connectivity index (χ0) is 10.1. The summed E-state index contributed by atoms with van der Waals surface area (Å²) in [4.78, 5) is 7.70. The Labute approximate surface area is 80.8 Å². The minimum Gasteiger partial charge on any atom is -0.346 e. The molecule has 1 aromatic rings. The minimum atomic E-state index is 0.169. The van der Waals surface area contributed by atoms with E-state index < -0.39 is 0 Å². The summed E-state index contributed by atoms with van der Waals surface area (Å²) in [5.74, 6) is 1.82. The average Bonchev–Trinajstić information content (AvgIpc) is 2.32. The van der Waals surface area contributed by atoms with Crippen LogP contribution in [0, 0.1) is 12.8 Å². The van der Waals surface area contributed by atoms with E-state index in [1.54, 1.807) is 0 Å². The fraction of sp³-hybridized carbons (Fsp3) is 0.727. The van der Waals surface area contributed by atoms with Crippen molar-refractivity contribution in [1.29, 1.82) is 0 Å². The second-order valence-corrected chi connectivity index (χ2v) is 4.90. The van der Waals surface area contributed by atoms with Gasteiger partial charge in [0, 0.05) is 17.3 Å². The SMILES string of the molecule is Cc1cnc(C(C)(C)CC(C)C)[nH]1. The monoisotopic (exact) mass is 180 g/mol. The zero-order valence-electron chi connectivity index (χ0n) is 9.31. The van der Waals surface area contributed by atoms with E-state index in [9.17, 15) is 0 Å². The van der Waals surface area contributed by atoms with Crippen molar-refractivity contribution in [3.8, 4) is 0 Å². The smallest absolute Gasteiger partial charge is 0.111 e. The maximum atomic E-state index is 4.38. The van der Waals surface area contributed by atoms with E-state index in [4.69, 9.17) is 0 Å². The van der Waals surface area contributed by atoms with Gasteiger partial charge in [-0.15, -0.1) is 0 Å². The van der Waals surface area contributed by atoms with Crippen LogP contribution in [-0.4, -0.2) is 9.97 Å². The summed E-state index contributed by atoms with van der Waals surface area (Å²) in [5.41, 5.74) is 1.31. The third-order valence-corrected chi connectivity index (χ3v) is 2.26. The highest BCUT2D eigenvalue weighted by molar-refractivity contribution is 5.08. The van der Waals surface area contributed by atoms with Crippen molar-refractivity contribution in [3.05, 3.63) is 17.7 Å². The number of aromatic amines is 1. The van der Waals surface area contributed by atoms with Crippen LogP contribution in [0.15, 0.2) is 6.20 Å². The van der Waals surface area contributed by atoms with Crippen LogP contribution in [-0.2, 0) is 5.41 Å². The maximum Gasteiger partial charge on any atom is 0.111 e. The molecule has 0 saturated carbocycles. The van der Waals surface area contributed by atoms with Gasteiger partial charge in [-0.1, -0.05) is 27.7 Å². The summed E-state index contributed by atoms with van der Waals surface area (Å²) in [6.45, 7) is 11.0. The first kappa shape index (κ1) is 10.3. The van der Waals surface area contributed by atoms with Crippen molar-refractivity contribution in [2.45, 2.75) is 46.5 Å². The number of nitrogens with zero attached hydrogens (tertiary/aromatic N) is 1. The van der Waals surface area contributed by atoms with Gasteiger partial charge in [-0.25, -0.2) is 4.98 Å². The van der Waals surface area contributed by atoms with Crippen molar-refractivity contribution in [1.82, 2.24) is 9.97 Å². The highest BCUT2D eigenvalue weighted by Crippen LogP contribution is 2.27. The Balaban J connectivity index is 2.80. The summed E-state index contributed by atoms with van der Waals surface area (Å²) < 4.78 is 0. The van der Waals surface area contributed by atoms with E-state index in [-0.39, 0.29) is 5.41 Å². The van der Waals surface area contributed by atoms with E-state index in [1.165, 1.54) is 6.42 Å². The molecule has 0 fully saturated rings. The summed E-state index contributed by atoms with van der Waals surface area (Å²) in [7, 11) is 0. The molecule has 0 aliphatic carbocycles. The molecule has 0 aromatic carbocycles. The Hall–Kier alpha value is -0.790. The standard InChI is InChI=1S/C11H20N2/c1-8(2)6-11(4,5)10-12-7-9(3)13-10/h7-8H,6H2,1-5H3,(H,12,13). The van der Waals surface area contributed by atoms with Gasteiger partial charge in [0.15, 0.2) is 0 Å². The molecule has 1 aromatic heterocycles. The second kappa shape index (κ2) is 3.52. The number of nitrogens with one attached hydrogen (secondary N) is 1. The van der Waals surface area contributed by atoms with Crippen LogP contribution >= 0.6 is 0 Å². The molecule has 13 heavy (non-hydrogen) atoms. The summed E-state index contributed by atoms with van der Waals surface area (Å²) >= 11 is 0. The Bertz CT molecular complexity index is 271. The van der Waals surface area contributed by atoms with Crippen LogP contribution in [0.5, 0.6) is 0 Å². The molecule has 0 saturated heterocycles. The third kappa shape index (κ3) is 2.58. The third-order valence-electron chi connectivity index (χ3n) is 2.26. The molecular formula is C11H20N2. The van der Waals surface area contributed by atoms with Crippen LogP contribution in [0.4, 0.5) is 0 Å². The molecule has 2 nitrogen and oxygen atoms in total. The predicted molar refractivity (Wildman–Crippen MR) is 55.8 cm³/mol. The average molecular weight is 180 g/mol. The van der Waals surface area contributed by atoms with Crippen LogP contribution in [0.3, 0.4) is 0 Å². The first-order valence-corrected chi connectivity index (χ1v) is 4.94. The maximum absolute atomic E-state index is 4.38. The van der Waals surface area contributed by atoms with Gasteiger partial charge < -0.3 is 4.98 Å². The molecule has 0 radical (unpaired) electrons. The van der Waals surface area contributed by atoms with E-state index in [0.29, 0.717) is 5.92 Å². The summed E-state index contributed by atoms with van der Waals surface area (Å²) in [6, 6.07) is 0. The fourth-order valence-electron chi connectivity index (χ4n) is 1.87. The Morgan fingerprint density at radius 1 is 1.46 bits per heavy atom. The number of H-pyrrole nitrogens is 1. The number of imidazole rings is 1. The van der Waals surface area contributed by atoms with Crippen LogP contribution < -0.4 is 0 Å². The molecule has 2 heteroatoms. The lowest BCUT2D eigenvalue weighted by atomic mass is 9.83. The molecular weight excluding hydrogens is 160 g/mol. The van der Waals surface area contributed by atoms with Crippen LogP contribution in [0.25, 0.3) is 0 Å². The molecule has 0 aliphatic heterocycles. The predicted octanol–water partition coefficient (Wildman–Crippen LogP) is 3.04. The molecule has 1 N–H and O–H groups in total. The fourth-order valence-corrected chi connectivity index (χ4v) is 1.87. The Morgan fingerprint density at radius 2 is 2.08 bits per heavy atom. The topological polar surface area (TPSA) is 28.7 Å². The van der Waals surface area contributed by atoms with Crippen molar-refractivity contribution in [3.63, 3.8) is 0 Å². The molecule has 0 spiro atoms. The second-order valence-electron chi connectivity index (χ2n) is 4.90. The van der Waals surface area contributed by atoms with Gasteiger partial charge in [-0.3, -0.25) is 0 Å². The molecule has 1 heterocycles. The summed E-state index contributed by atoms with van der Waals surface area (Å²) in [5, 5.41) is 0. The van der Waals surface area contributed by atoms with Gasteiger partial charge in [-0.05, 0) is 19.3 Å². The lowest BCUT2D eigenvalue weighted by Gasteiger charge is -2.24. The number of aromatic nitrogens is 2. The van der Waals surface area contributed by atoms with Crippen molar-refractivity contribution >= 4 is 0 Å². The number of aryl methyl sites for hydroxylation is 1. The highest BCUT2D eigenvalue weighted by atomic mass is 14.9. The van der Waals surface area contributed by atoms with E-state index >= 15 is 0 Å².